The van der Waals surface area contributed by atoms with E-state index in [1.165, 1.54) is 16.7 Å². The van der Waals surface area contributed by atoms with E-state index in [1.807, 2.05) is 20.9 Å². The Hall–Kier alpha value is -3.08. The summed E-state index contributed by atoms with van der Waals surface area (Å²) >= 11 is 0. The highest BCUT2D eigenvalue weighted by atomic mass is 16.2. The third kappa shape index (κ3) is 4.66. The van der Waals surface area contributed by atoms with Crippen LogP contribution in [0.15, 0.2) is 64.7 Å². The largest absolute Gasteiger partial charge is 0.392 e. The van der Waals surface area contributed by atoms with Gasteiger partial charge in [-0.25, -0.2) is 0 Å². The first kappa shape index (κ1) is 22.6. The molecule has 0 saturated carbocycles. The minimum Gasteiger partial charge on any atom is -0.392 e. The summed E-state index contributed by atoms with van der Waals surface area (Å²) in [6.07, 6.45) is 8.18. The summed E-state index contributed by atoms with van der Waals surface area (Å²) in [6, 6.07) is 6.72. The molecule has 31 heavy (non-hydrogen) atoms. The number of amides is 1. The average molecular weight is 419 g/mol. The van der Waals surface area contributed by atoms with Crippen molar-refractivity contribution in [2.75, 3.05) is 7.05 Å². The molecule has 2 aliphatic rings. The van der Waals surface area contributed by atoms with Gasteiger partial charge < -0.3 is 16.0 Å². The van der Waals surface area contributed by atoms with Gasteiger partial charge >= 0.3 is 0 Å². The fraction of sp³-hybridized carbons (Fsp3) is 0.385. The van der Waals surface area contributed by atoms with Crippen LogP contribution in [-0.4, -0.2) is 18.8 Å². The Bertz CT molecular complexity index is 1030. The first-order valence-corrected chi connectivity index (χ1v) is 11.1. The van der Waals surface area contributed by atoms with E-state index in [2.05, 4.69) is 67.1 Å². The van der Waals surface area contributed by atoms with E-state index in [0.29, 0.717) is 17.2 Å². The number of hydrogen-bond donors (Lipinski definition) is 4. The Morgan fingerprint density at radius 2 is 1.97 bits per heavy atom. The molecule has 1 amide bonds. The van der Waals surface area contributed by atoms with Crippen molar-refractivity contribution < 1.29 is 4.79 Å². The molecule has 1 saturated heterocycles. The number of benzene rings is 1. The highest BCUT2D eigenvalue weighted by Crippen LogP contribution is 2.42. The van der Waals surface area contributed by atoms with Crippen LogP contribution in [0.5, 0.6) is 0 Å². The average Bonchev–Trinajstić information content (AvgIpc) is 3.07. The number of carbonyl (C=O) groups is 1. The number of fused-ring (bicyclic) bond motifs is 1. The molecule has 2 atom stereocenters. The molecule has 5 nitrogen and oxygen atoms in total. The van der Waals surface area contributed by atoms with Crippen molar-refractivity contribution in [3.8, 4) is 0 Å². The van der Waals surface area contributed by atoms with Crippen molar-refractivity contribution in [2.24, 2.45) is 5.92 Å². The summed E-state index contributed by atoms with van der Waals surface area (Å²) < 4.78 is 0. The monoisotopic (exact) mass is 418 g/mol. The maximum absolute atomic E-state index is 12.9. The molecule has 5 heteroatoms. The number of aryl methyl sites for hydroxylation is 2. The quantitative estimate of drug-likeness (QED) is 0.310. The minimum atomic E-state index is -0.112. The summed E-state index contributed by atoms with van der Waals surface area (Å²) in [4.78, 5) is 12.9. The molecule has 0 spiro atoms. The lowest BCUT2D eigenvalue weighted by Crippen LogP contribution is -2.23. The van der Waals surface area contributed by atoms with E-state index in [0.717, 1.165) is 29.8 Å². The Labute approximate surface area is 185 Å². The molecule has 1 heterocycles. The van der Waals surface area contributed by atoms with Crippen LogP contribution in [0, 0.1) is 18.3 Å². The van der Waals surface area contributed by atoms with E-state index in [9.17, 15) is 4.79 Å². The third-order valence-corrected chi connectivity index (χ3v) is 6.26. The number of rotatable bonds is 6. The summed E-state index contributed by atoms with van der Waals surface area (Å²) in [6.45, 7) is 10.3. The van der Waals surface area contributed by atoms with E-state index in [4.69, 9.17) is 5.41 Å². The molecule has 0 aromatic heterocycles. The molecule has 1 aromatic carbocycles. The second kappa shape index (κ2) is 9.38. The lowest BCUT2D eigenvalue weighted by molar-refractivity contribution is -0.115. The second-order valence-electron chi connectivity index (χ2n) is 8.37. The number of amidine groups is 1. The zero-order chi connectivity index (χ0) is 22.7. The van der Waals surface area contributed by atoms with Gasteiger partial charge in [-0.15, -0.1) is 0 Å². The van der Waals surface area contributed by atoms with Gasteiger partial charge in [-0.3, -0.25) is 10.2 Å². The maximum atomic E-state index is 12.9. The molecule has 0 bridgehead atoms. The smallest absolute Gasteiger partial charge is 0.258 e. The molecule has 2 unspecified atom stereocenters. The van der Waals surface area contributed by atoms with Crippen molar-refractivity contribution in [1.82, 2.24) is 16.0 Å². The molecule has 1 aliphatic heterocycles. The summed E-state index contributed by atoms with van der Waals surface area (Å²) in [7, 11) is 1.82. The number of allylic oxidation sites excluding steroid dienone is 5. The Kier molecular flexibility index (Phi) is 6.84. The fourth-order valence-electron chi connectivity index (χ4n) is 4.36. The fourth-order valence-corrected chi connectivity index (χ4v) is 4.36. The molecule has 0 radical (unpaired) electrons. The lowest BCUT2D eigenvalue weighted by Gasteiger charge is -2.28. The Morgan fingerprint density at radius 3 is 2.61 bits per heavy atom. The van der Waals surface area contributed by atoms with Gasteiger partial charge in [-0.2, -0.15) is 0 Å². The molecule has 164 valence electrons. The molecule has 4 N–H and O–H groups in total. The Balaban J connectivity index is 2.04. The Morgan fingerprint density at radius 1 is 1.23 bits per heavy atom. The van der Waals surface area contributed by atoms with Crippen LogP contribution in [0.4, 0.5) is 0 Å². The van der Waals surface area contributed by atoms with Crippen LogP contribution in [0.1, 0.15) is 56.7 Å². The molecule has 1 aromatic rings. The zero-order valence-corrected chi connectivity index (χ0v) is 19.4. The normalized spacial score (nSPS) is 22.3. The lowest BCUT2D eigenvalue weighted by atomic mass is 9.76. The van der Waals surface area contributed by atoms with Crippen molar-refractivity contribution in [3.05, 3.63) is 81.4 Å². The van der Waals surface area contributed by atoms with Crippen LogP contribution in [0.3, 0.4) is 0 Å². The van der Waals surface area contributed by atoms with Gasteiger partial charge in [-0.05, 0) is 62.3 Å². The van der Waals surface area contributed by atoms with E-state index >= 15 is 0 Å². The first-order chi connectivity index (χ1) is 14.8. The van der Waals surface area contributed by atoms with Crippen LogP contribution in [0.2, 0.25) is 0 Å². The topological polar surface area (TPSA) is 77.0 Å². The van der Waals surface area contributed by atoms with E-state index < -0.39 is 0 Å². The minimum absolute atomic E-state index is 0.112. The van der Waals surface area contributed by atoms with Gasteiger partial charge in [-0.1, -0.05) is 44.2 Å². The first-order valence-electron chi connectivity index (χ1n) is 11.1. The van der Waals surface area contributed by atoms with Crippen LogP contribution in [-0.2, 0) is 11.2 Å². The summed E-state index contributed by atoms with van der Waals surface area (Å²) in [5, 5.41) is 17.3. The SMILES string of the molecule is CCc1ccc(C)c(C2C=C3C(=CC2CC)NC(=O)/C3=C(/C)NC(=N)/C=C(/C)NC)c1. The van der Waals surface area contributed by atoms with Crippen molar-refractivity contribution >= 4 is 11.7 Å². The van der Waals surface area contributed by atoms with Gasteiger partial charge in [0.15, 0.2) is 0 Å². The predicted octanol–water partition coefficient (Wildman–Crippen LogP) is 4.58. The number of hydrogen-bond acceptors (Lipinski definition) is 3. The van der Waals surface area contributed by atoms with Gasteiger partial charge in [0, 0.05) is 35.6 Å². The van der Waals surface area contributed by atoms with Crippen molar-refractivity contribution in [2.45, 2.75) is 53.4 Å². The van der Waals surface area contributed by atoms with Crippen LogP contribution in [0.25, 0.3) is 0 Å². The third-order valence-electron chi connectivity index (χ3n) is 6.26. The molecule has 3 rings (SSSR count). The maximum Gasteiger partial charge on any atom is 0.258 e. The molecular formula is C26H34N4O. The van der Waals surface area contributed by atoms with Gasteiger partial charge in [0.25, 0.3) is 5.91 Å². The second-order valence-corrected chi connectivity index (χ2v) is 8.37. The highest BCUT2D eigenvalue weighted by molar-refractivity contribution is 6.06. The summed E-state index contributed by atoms with van der Waals surface area (Å²) in [5.41, 5.74) is 7.95. The van der Waals surface area contributed by atoms with Crippen molar-refractivity contribution in [3.63, 3.8) is 0 Å². The van der Waals surface area contributed by atoms with Crippen LogP contribution < -0.4 is 16.0 Å². The standard InChI is InChI=1S/C26H34N4O/c1-7-18-10-9-15(3)20(12-18)21-14-22-23(13-19(21)8-2)30-26(31)25(22)17(5)29-24(27)11-16(4)28-6/h9-14,19,21,28H,7-8H2,1-6H3,(H2,27,29)(H,30,31)/b16-11-,25-17-. The molecule has 1 fully saturated rings. The molecule has 1 aliphatic carbocycles. The van der Waals surface area contributed by atoms with Gasteiger partial charge in [0.2, 0.25) is 0 Å². The molecular weight excluding hydrogens is 384 g/mol. The van der Waals surface area contributed by atoms with Crippen LogP contribution >= 0.6 is 0 Å². The highest BCUT2D eigenvalue weighted by Gasteiger charge is 2.35. The predicted molar refractivity (Wildman–Crippen MR) is 128 cm³/mol. The number of nitrogens with one attached hydrogen (secondary N) is 4. The zero-order valence-electron chi connectivity index (χ0n) is 19.4. The van der Waals surface area contributed by atoms with E-state index in [-0.39, 0.29) is 17.7 Å². The van der Waals surface area contributed by atoms with Crippen molar-refractivity contribution in [1.29, 1.82) is 5.41 Å². The van der Waals surface area contributed by atoms with Gasteiger partial charge in [0.1, 0.15) is 5.84 Å². The van der Waals surface area contributed by atoms with Gasteiger partial charge in [0.05, 0.1) is 5.57 Å². The summed E-state index contributed by atoms with van der Waals surface area (Å²) in [5.74, 6) is 0.681. The van der Waals surface area contributed by atoms with E-state index in [1.54, 1.807) is 6.08 Å². The number of carbonyl (C=O) groups excluding carboxylic acids is 1.